The zero-order valence-corrected chi connectivity index (χ0v) is 21.2. The van der Waals surface area contributed by atoms with Gasteiger partial charge in [0.1, 0.15) is 12.2 Å². The highest BCUT2D eigenvalue weighted by atomic mass is 35.7. The quantitative estimate of drug-likeness (QED) is 0.535. The Morgan fingerprint density at radius 3 is 2.35 bits per heavy atom. The van der Waals surface area contributed by atoms with Crippen LogP contribution in [0.25, 0.3) is 0 Å². The van der Waals surface area contributed by atoms with Crippen LogP contribution in [0.1, 0.15) is 39.2 Å². The SMILES string of the molecule is CC(C)(C)OC(=O)N1CCC([C@@H](CS(=O)(=O)Cl)C(=O)N2C(=O)OC[C@H]2Cc2ccccc2)CC1. The zero-order valence-electron chi connectivity index (χ0n) is 19.6. The molecule has 9 nitrogen and oxygen atoms in total. The Kier molecular flexibility index (Phi) is 8.13. The highest BCUT2D eigenvalue weighted by Gasteiger charge is 2.45. The number of hydrogen-bond acceptors (Lipinski definition) is 7. The number of ether oxygens (including phenoxy) is 2. The number of rotatable bonds is 6. The number of carbonyl (C=O) groups excluding carboxylic acids is 3. The van der Waals surface area contributed by atoms with Gasteiger partial charge < -0.3 is 14.4 Å². The maximum absolute atomic E-state index is 13.5. The van der Waals surface area contributed by atoms with E-state index in [4.69, 9.17) is 20.2 Å². The minimum atomic E-state index is -4.03. The maximum Gasteiger partial charge on any atom is 0.416 e. The van der Waals surface area contributed by atoms with E-state index in [2.05, 4.69) is 0 Å². The first-order valence-corrected chi connectivity index (χ1v) is 13.8. The Labute approximate surface area is 204 Å². The fourth-order valence-electron chi connectivity index (χ4n) is 4.38. The van der Waals surface area contributed by atoms with E-state index < -0.39 is 50.5 Å². The van der Waals surface area contributed by atoms with Crippen LogP contribution in [0.5, 0.6) is 0 Å². The van der Waals surface area contributed by atoms with E-state index >= 15 is 0 Å². The first kappa shape index (κ1) is 26.3. The molecule has 1 aromatic carbocycles. The number of halogens is 1. The van der Waals surface area contributed by atoms with Crippen LogP contribution in [0.4, 0.5) is 9.59 Å². The highest BCUT2D eigenvalue weighted by molar-refractivity contribution is 8.13. The first-order valence-electron chi connectivity index (χ1n) is 11.3. The molecule has 0 aromatic heterocycles. The van der Waals surface area contributed by atoms with Crippen molar-refractivity contribution in [2.24, 2.45) is 11.8 Å². The van der Waals surface area contributed by atoms with Crippen molar-refractivity contribution in [3.63, 3.8) is 0 Å². The van der Waals surface area contributed by atoms with Crippen LogP contribution in [-0.2, 0) is 29.7 Å². The molecule has 0 N–H and O–H groups in total. The number of carbonyl (C=O) groups is 3. The lowest BCUT2D eigenvalue weighted by molar-refractivity contribution is -0.135. The van der Waals surface area contributed by atoms with Gasteiger partial charge >= 0.3 is 12.2 Å². The lowest BCUT2D eigenvalue weighted by atomic mass is 9.84. The average molecular weight is 515 g/mol. The minimum Gasteiger partial charge on any atom is -0.447 e. The molecule has 2 fully saturated rings. The van der Waals surface area contributed by atoms with Crippen molar-refractivity contribution in [3.05, 3.63) is 35.9 Å². The van der Waals surface area contributed by atoms with Gasteiger partial charge in [0.25, 0.3) is 0 Å². The van der Waals surface area contributed by atoms with Crippen LogP contribution >= 0.6 is 10.7 Å². The summed E-state index contributed by atoms with van der Waals surface area (Å²) < 4.78 is 34.5. The van der Waals surface area contributed by atoms with Crippen molar-refractivity contribution < 1.29 is 32.3 Å². The Morgan fingerprint density at radius 1 is 1.18 bits per heavy atom. The van der Waals surface area contributed by atoms with E-state index in [9.17, 15) is 22.8 Å². The first-order chi connectivity index (χ1) is 15.8. The van der Waals surface area contributed by atoms with Crippen molar-refractivity contribution in [1.82, 2.24) is 9.80 Å². The monoisotopic (exact) mass is 514 g/mol. The second kappa shape index (κ2) is 10.5. The molecular weight excluding hydrogens is 484 g/mol. The van der Waals surface area contributed by atoms with Crippen molar-refractivity contribution in [3.8, 4) is 0 Å². The topological polar surface area (TPSA) is 110 Å². The van der Waals surface area contributed by atoms with Crippen molar-refractivity contribution in [2.75, 3.05) is 25.4 Å². The number of nitrogens with zero attached hydrogens (tertiary/aromatic N) is 2. The Balaban J connectivity index is 1.74. The van der Waals surface area contributed by atoms with E-state index in [1.807, 2.05) is 30.3 Å². The number of hydrogen-bond donors (Lipinski definition) is 0. The molecule has 34 heavy (non-hydrogen) atoms. The summed E-state index contributed by atoms with van der Waals surface area (Å²) in [6.45, 7) is 5.99. The van der Waals surface area contributed by atoms with Gasteiger partial charge in [0.05, 0.1) is 17.7 Å². The molecule has 2 heterocycles. The van der Waals surface area contributed by atoms with Crippen LogP contribution in [-0.4, -0.2) is 73.4 Å². The lowest BCUT2D eigenvalue weighted by Gasteiger charge is -2.37. The molecule has 11 heteroatoms. The van der Waals surface area contributed by atoms with Crippen LogP contribution < -0.4 is 0 Å². The largest absolute Gasteiger partial charge is 0.447 e. The fraction of sp³-hybridized carbons (Fsp3) is 0.609. The number of amides is 3. The summed E-state index contributed by atoms with van der Waals surface area (Å²) in [5.41, 5.74) is 0.291. The lowest BCUT2D eigenvalue weighted by Crippen LogP contribution is -2.49. The molecule has 2 aliphatic heterocycles. The maximum atomic E-state index is 13.5. The van der Waals surface area contributed by atoms with E-state index in [1.54, 1.807) is 25.7 Å². The van der Waals surface area contributed by atoms with Gasteiger partial charge in [0.2, 0.25) is 15.0 Å². The van der Waals surface area contributed by atoms with Gasteiger partial charge in [-0.15, -0.1) is 0 Å². The highest BCUT2D eigenvalue weighted by Crippen LogP contribution is 2.31. The van der Waals surface area contributed by atoms with Gasteiger partial charge in [0.15, 0.2) is 0 Å². The number of cyclic esters (lactones) is 1. The molecule has 0 spiro atoms. The van der Waals surface area contributed by atoms with E-state index in [0.29, 0.717) is 32.4 Å². The summed E-state index contributed by atoms with van der Waals surface area (Å²) >= 11 is 0. The molecule has 0 aliphatic carbocycles. The number of benzene rings is 1. The molecule has 2 saturated heterocycles. The molecule has 2 atom stereocenters. The van der Waals surface area contributed by atoms with Crippen molar-refractivity contribution in [2.45, 2.75) is 51.7 Å². The third-order valence-corrected chi connectivity index (χ3v) is 7.10. The number of imide groups is 1. The third-order valence-electron chi connectivity index (χ3n) is 5.97. The van der Waals surface area contributed by atoms with Gasteiger partial charge in [-0.3, -0.25) is 4.79 Å². The molecule has 188 valence electrons. The Hall–Kier alpha value is -2.33. The predicted molar refractivity (Wildman–Crippen MR) is 126 cm³/mol. The summed E-state index contributed by atoms with van der Waals surface area (Å²) in [6, 6.07) is 8.83. The smallest absolute Gasteiger partial charge is 0.416 e. The molecule has 0 saturated carbocycles. The van der Waals surface area contributed by atoms with Gasteiger partial charge in [-0.05, 0) is 51.5 Å². The van der Waals surface area contributed by atoms with Gasteiger partial charge in [-0.2, -0.15) is 0 Å². The van der Waals surface area contributed by atoms with Crippen LogP contribution in [0.3, 0.4) is 0 Å². The van der Waals surface area contributed by atoms with Crippen molar-refractivity contribution in [1.29, 1.82) is 0 Å². The Morgan fingerprint density at radius 2 is 1.79 bits per heavy atom. The van der Waals surface area contributed by atoms with E-state index in [1.165, 1.54) is 0 Å². The second-order valence-corrected chi connectivity index (χ2v) is 12.6. The summed E-state index contributed by atoms with van der Waals surface area (Å²) in [7, 11) is 1.53. The molecule has 3 rings (SSSR count). The number of likely N-dealkylation sites (tertiary alicyclic amines) is 1. The molecule has 2 aliphatic rings. The van der Waals surface area contributed by atoms with Gasteiger partial charge in [-0.1, -0.05) is 30.3 Å². The summed E-state index contributed by atoms with van der Waals surface area (Å²) in [5.74, 6) is -2.59. The number of piperidine rings is 1. The standard InChI is InChI=1S/C23H31ClN2O7S/c1-23(2,3)33-21(28)25-11-9-17(10-12-25)19(15-34(24,30)31)20(27)26-18(14-32-22(26)29)13-16-7-5-4-6-8-16/h4-8,17-19H,9-15H2,1-3H3/t18-,19-/m1/s1. The Bertz CT molecular complexity index is 1000. The minimum absolute atomic E-state index is 0.0386. The zero-order chi connectivity index (χ0) is 25.1. The third kappa shape index (κ3) is 7.09. The van der Waals surface area contributed by atoms with Crippen LogP contribution in [0.15, 0.2) is 30.3 Å². The molecule has 0 unspecified atom stereocenters. The second-order valence-electron chi connectivity index (χ2n) is 9.75. The van der Waals surface area contributed by atoms with Crippen LogP contribution in [0, 0.1) is 11.8 Å². The van der Waals surface area contributed by atoms with Crippen LogP contribution in [0.2, 0.25) is 0 Å². The summed E-state index contributed by atoms with van der Waals surface area (Å²) in [4.78, 5) is 41.0. The average Bonchev–Trinajstić information content (AvgIpc) is 3.10. The predicted octanol–water partition coefficient (Wildman–Crippen LogP) is 3.41. The fourth-order valence-corrected chi connectivity index (χ4v) is 5.63. The summed E-state index contributed by atoms with van der Waals surface area (Å²) in [5, 5.41) is 0. The molecule has 3 amide bonds. The van der Waals surface area contributed by atoms with Gasteiger partial charge in [0, 0.05) is 23.8 Å². The van der Waals surface area contributed by atoms with E-state index in [-0.39, 0.29) is 12.5 Å². The molecular formula is C23H31ClN2O7S. The molecule has 0 bridgehead atoms. The van der Waals surface area contributed by atoms with E-state index in [0.717, 1.165) is 10.5 Å². The summed E-state index contributed by atoms with van der Waals surface area (Å²) in [6.07, 6.45) is -0.0721. The normalized spacial score (nSPS) is 20.7. The van der Waals surface area contributed by atoms with Gasteiger partial charge in [-0.25, -0.2) is 22.9 Å². The van der Waals surface area contributed by atoms with Crippen molar-refractivity contribution >= 4 is 37.8 Å². The molecule has 1 aromatic rings. The molecule has 0 radical (unpaired) electrons.